The Hall–Kier alpha value is -0.0766. The van der Waals surface area contributed by atoms with Crippen LogP contribution in [-0.4, -0.2) is 14.2 Å². The first kappa shape index (κ1) is 11.9. The van der Waals surface area contributed by atoms with Crippen LogP contribution in [0.1, 0.15) is 0 Å². The van der Waals surface area contributed by atoms with Gasteiger partial charge in [0.1, 0.15) is 0 Å². The van der Waals surface area contributed by atoms with Crippen LogP contribution in [0.15, 0.2) is 18.2 Å². The molecule has 0 radical (unpaired) electrons. The number of methoxy groups -OCH3 is 2. The van der Waals surface area contributed by atoms with E-state index in [0.717, 1.165) is 0 Å². The predicted octanol–water partition coefficient (Wildman–Crippen LogP) is 2.35. The fourth-order valence-electron chi connectivity index (χ4n) is 0.666. The van der Waals surface area contributed by atoms with Gasteiger partial charge in [0.2, 0.25) is 0 Å². The Morgan fingerprint density at radius 1 is 1.17 bits per heavy atom. The van der Waals surface area contributed by atoms with Crippen molar-refractivity contribution in [2.45, 2.75) is 0 Å². The van der Waals surface area contributed by atoms with E-state index < -0.39 is 0 Å². The summed E-state index contributed by atoms with van der Waals surface area (Å²) < 4.78 is 9.84. The first-order chi connectivity index (χ1) is 5.86. The van der Waals surface area contributed by atoms with Gasteiger partial charge in [-0.05, 0) is 0 Å². The van der Waals surface area contributed by atoms with Crippen molar-refractivity contribution in [3.05, 3.63) is 24.3 Å². The van der Waals surface area contributed by atoms with Crippen LogP contribution in [0.4, 0.5) is 0 Å². The first-order valence-electron chi connectivity index (χ1n) is 3.24. The van der Waals surface area contributed by atoms with Gasteiger partial charge < -0.3 is 9.47 Å². The van der Waals surface area contributed by atoms with Gasteiger partial charge in [-0.3, -0.25) is 0 Å². The predicted molar refractivity (Wildman–Crippen MR) is 47.3 cm³/mol. The van der Waals surface area contributed by atoms with Crippen LogP contribution in [-0.2, 0) is 16.3 Å². The van der Waals surface area contributed by atoms with Crippen molar-refractivity contribution >= 4 is 13.6 Å². The average Bonchev–Trinajstić information content (AvgIpc) is 2.21. The Labute approximate surface area is 89.3 Å². The zero-order valence-corrected chi connectivity index (χ0v) is 11.7. The molecule has 0 spiro atoms. The molecule has 0 atom stereocenters. The van der Waals surface area contributed by atoms with Crippen molar-refractivity contribution in [3.8, 4) is 11.5 Å². The van der Waals surface area contributed by atoms with Crippen LogP contribution in [0, 0.1) is 6.07 Å². The molecule has 0 aliphatic carbocycles. The maximum absolute atomic E-state index is 4.92. The van der Waals surface area contributed by atoms with Crippen molar-refractivity contribution in [2.24, 2.45) is 0 Å². The normalized spacial score (nSPS) is 8.08. The van der Waals surface area contributed by atoms with Crippen LogP contribution >= 0.6 is 13.6 Å². The monoisotopic (exact) mass is 280 g/mol. The molecule has 0 fully saturated rings. The van der Waals surface area contributed by atoms with Crippen molar-refractivity contribution in [2.75, 3.05) is 14.2 Å². The molecular formula is C8H9BrO2Zn. The van der Waals surface area contributed by atoms with Gasteiger partial charge in [0.05, 0.1) is 14.2 Å². The molecule has 0 bridgehead atoms. The fraction of sp³-hybridized carbons (Fsp3) is 0.250. The van der Waals surface area contributed by atoms with Crippen LogP contribution in [0.2, 0.25) is 0 Å². The second-order valence-electron chi connectivity index (χ2n) is 1.79. The van der Waals surface area contributed by atoms with E-state index in [1.165, 1.54) is 16.3 Å². The third kappa shape index (κ3) is 4.08. The van der Waals surface area contributed by atoms with Gasteiger partial charge in [-0.2, -0.15) is 6.07 Å². The molecule has 0 saturated carbocycles. The Balaban J connectivity index is 0.000000561. The molecule has 0 amide bonds. The number of rotatable bonds is 2. The Morgan fingerprint density at radius 2 is 1.58 bits per heavy atom. The number of benzene rings is 1. The molecule has 1 aromatic carbocycles. The third-order valence-electron chi connectivity index (χ3n) is 1.18. The molecule has 12 heavy (non-hydrogen) atoms. The van der Waals surface area contributed by atoms with E-state index in [4.69, 9.17) is 9.47 Å². The molecule has 0 N–H and O–H groups in total. The molecule has 4 heteroatoms. The first-order valence-corrected chi connectivity index (χ1v) is 10.2. The summed E-state index contributed by atoms with van der Waals surface area (Å²) in [6.07, 6.45) is 0. The molecular weight excluding hydrogens is 273 g/mol. The molecule has 1 aromatic rings. The van der Waals surface area contributed by atoms with E-state index in [9.17, 15) is 0 Å². The van der Waals surface area contributed by atoms with Gasteiger partial charge in [0.25, 0.3) is 0 Å². The number of halogens is 1. The second-order valence-corrected chi connectivity index (χ2v) is 1.79. The van der Waals surface area contributed by atoms with Gasteiger partial charge >= 0.3 is 30.0 Å². The zero-order chi connectivity index (χ0) is 9.40. The Morgan fingerprint density at radius 3 is 1.92 bits per heavy atom. The average molecular weight is 282 g/mol. The topological polar surface area (TPSA) is 18.5 Å². The van der Waals surface area contributed by atoms with Gasteiger partial charge in [-0.1, -0.05) is 6.07 Å². The minimum atomic E-state index is 0.694. The fourth-order valence-corrected chi connectivity index (χ4v) is 0.666. The molecule has 1 rings (SSSR count). The van der Waals surface area contributed by atoms with E-state index in [2.05, 4.69) is 19.7 Å². The number of hydrogen-bond acceptors (Lipinski definition) is 2. The van der Waals surface area contributed by atoms with E-state index in [-0.39, 0.29) is 0 Å². The van der Waals surface area contributed by atoms with Crippen molar-refractivity contribution in [3.63, 3.8) is 0 Å². The van der Waals surface area contributed by atoms with Gasteiger partial charge in [-0.25, -0.2) is 0 Å². The summed E-state index contributed by atoms with van der Waals surface area (Å²) in [6.45, 7) is 0. The molecule has 0 saturated heterocycles. The molecule has 0 aromatic heterocycles. The summed E-state index contributed by atoms with van der Waals surface area (Å²) in [5, 5.41) is 0. The van der Waals surface area contributed by atoms with E-state index in [1.54, 1.807) is 14.2 Å². The number of hydrogen-bond donors (Lipinski definition) is 0. The summed E-state index contributed by atoms with van der Waals surface area (Å²) in [5.74, 6) is 1.39. The Kier molecular flexibility index (Phi) is 7.52. The van der Waals surface area contributed by atoms with Crippen LogP contribution in [0.5, 0.6) is 11.5 Å². The molecule has 0 unspecified atom stereocenters. The molecule has 0 aliphatic heterocycles. The van der Waals surface area contributed by atoms with Gasteiger partial charge in [0, 0.05) is 11.5 Å². The molecule has 0 heterocycles. The summed E-state index contributed by atoms with van der Waals surface area (Å²) in [6, 6.07) is 8.40. The van der Waals surface area contributed by atoms with Crippen LogP contribution in [0.25, 0.3) is 0 Å². The standard InChI is InChI=1S/C8H9O2.BrH.Zn/c1-9-7-4-3-5-8(6-7)10-2;;/h3-5H,1-2H3;1H;/q-1;;+2/p-1. The molecule has 2 nitrogen and oxygen atoms in total. The van der Waals surface area contributed by atoms with Gasteiger partial charge in [0.15, 0.2) is 0 Å². The summed E-state index contributed by atoms with van der Waals surface area (Å²) >= 11 is 4.25. The van der Waals surface area contributed by atoms with Crippen molar-refractivity contribution < 1.29 is 25.8 Å². The number of ether oxygens (including phenoxy) is 2. The summed E-state index contributed by atoms with van der Waals surface area (Å²) in [4.78, 5) is 0. The summed E-state index contributed by atoms with van der Waals surface area (Å²) in [7, 11) is 3.20. The zero-order valence-electron chi connectivity index (χ0n) is 7.13. The quantitative estimate of drug-likeness (QED) is 0.612. The minimum absolute atomic E-state index is 0.694. The third-order valence-corrected chi connectivity index (χ3v) is 1.18. The van der Waals surface area contributed by atoms with E-state index in [0.29, 0.717) is 11.5 Å². The second kappa shape index (κ2) is 7.57. The van der Waals surface area contributed by atoms with Crippen LogP contribution < -0.4 is 9.47 Å². The summed E-state index contributed by atoms with van der Waals surface area (Å²) in [5.41, 5.74) is 0. The van der Waals surface area contributed by atoms with Crippen LogP contribution in [0.3, 0.4) is 0 Å². The molecule has 0 aliphatic rings. The van der Waals surface area contributed by atoms with E-state index in [1.807, 2.05) is 18.2 Å². The maximum atomic E-state index is 4.92. The van der Waals surface area contributed by atoms with E-state index >= 15 is 0 Å². The SMILES string of the molecule is COc1[c-]c(OC)ccc1.[Zn+][Br]. The Bertz CT molecular complexity index is 199. The van der Waals surface area contributed by atoms with Gasteiger partial charge in [-0.15, -0.1) is 12.1 Å². The molecule has 62 valence electrons. The van der Waals surface area contributed by atoms with Crippen molar-refractivity contribution in [1.29, 1.82) is 0 Å². The van der Waals surface area contributed by atoms with Crippen molar-refractivity contribution in [1.82, 2.24) is 0 Å².